The second-order valence-electron chi connectivity index (χ2n) is 11.3. The molecule has 4 aromatic rings. The number of rotatable bonds is 10. The molecule has 3 amide bonds. The lowest BCUT2D eigenvalue weighted by molar-refractivity contribution is -0.128. The summed E-state index contributed by atoms with van der Waals surface area (Å²) in [7, 11) is 0. The van der Waals surface area contributed by atoms with Gasteiger partial charge in [-0.15, -0.1) is 0 Å². The zero-order chi connectivity index (χ0) is 29.7. The number of nitrogens with one attached hydrogen (secondary N) is 2. The number of fused-ring (bicyclic) bond motifs is 1. The van der Waals surface area contributed by atoms with Crippen LogP contribution in [0.5, 0.6) is 0 Å². The molecule has 0 saturated heterocycles. The van der Waals surface area contributed by atoms with Crippen LogP contribution in [0.25, 0.3) is 11.1 Å². The summed E-state index contributed by atoms with van der Waals surface area (Å²) < 4.78 is 5.39. The molecular weight excluding hydrogens is 528 g/mol. The van der Waals surface area contributed by atoms with E-state index in [1.54, 1.807) is 23.3 Å². The number of carbonyl (C=O) groups is 3. The van der Waals surface area contributed by atoms with E-state index >= 15 is 0 Å². The Morgan fingerprint density at radius 2 is 1.71 bits per heavy atom. The van der Waals surface area contributed by atoms with Gasteiger partial charge in [-0.1, -0.05) is 60.7 Å². The third-order valence-corrected chi connectivity index (χ3v) is 7.61. The van der Waals surface area contributed by atoms with Crippen molar-refractivity contribution in [2.75, 3.05) is 4.90 Å². The van der Waals surface area contributed by atoms with Crippen molar-refractivity contribution in [1.29, 1.82) is 0 Å². The minimum Gasteiger partial charge on any atom is -0.468 e. The molecule has 1 atom stereocenters. The molecule has 0 saturated carbocycles. The summed E-state index contributed by atoms with van der Waals surface area (Å²) in [4.78, 5) is 40.8. The van der Waals surface area contributed by atoms with Gasteiger partial charge in [-0.2, -0.15) is 0 Å². The summed E-state index contributed by atoms with van der Waals surface area (Å²) in [5, 5.41) is 6.38. The molecular formula is C34H36N4O4. The number of anilines is 1. The topological polar surface area (TPSA) is 118 Å². The predicted molar refractivity (Wildman–Crippen MR) is 163 cm³/mol. The lowest BCUT2D eigenvalue weighted by Gasteiger charge is -2.29. The van der Waals surface area contributed by atoms with Crippen LogP contribution in [0.2, 0.25) is 0 Å². The molecule has 1 aromatic heterocycles. The first-order chi connectivity index (χ1) is 20.2. The highest BCUT2D eigenvalue weighted by atomic mass is 16.3. The standard InChI is InChI=1S/C34H36N4O4/c1-34(2,36-21-26-9-7-19-42-26)20-31(39)37-29-18-17-25-8-3-6-12-30(25)38(33(29)41)22-23-13-15-24(16-14-23)27-10-4-5-11-28(27)32(35)40/h3-16,19,29,36H,17-18,20-22H2,1-2H3,(H2,35,40)(H,37,39)/t29-/m1/s1. The van der Waals surface area contributed by atoms with E-state index < -0.39 is 17.5 Å². The molecule has 0 unspecified atom stereocenters. The normalized spacial score (nSPS) is 15.1. The lowest BCUT2D eigenvalue weighted by Crippen LogP contribution is -2.50. The van der Waals surface area contributed by atoms with Gasteiger partial charge in [0.1, 0.15) is 11.8 Å². The van der Waals surface area contributed by atoms with Gasteiger partial charge in [-0.25, -0.2) is 0 Å². The molecule has 5 rings (SSSR count). The minimum absolute atomic E-state index is 0.141. The molecule has 0 aliphatic carbocycles. The van der Waals surface area contributed by atoms with Crippen LogP contribution in [0.4, 0.5) is 5.69 Å². The number of carbonyl (C=O) groups excluding carboxylic acids is 3. The van der Waals surface area contributed by atoms with Crippen LogP contribution >= 0.6 is 0 Å². The number of benzene rings is 3. The fraction of sp³-hybridized carbons (Fsp3) is 0.265. The molecule has 4 N–H and O–H groups in total. The number of hydrogen-bond acceptors (Lipinski definition) is 5. The number of amides is 3. The fourth-order valence-electron chi connectivity index (χ4n) is 5.38. The molecule has 0 radical (unpaired) electrons. The Bertz CT molecular complexity index is 1560. The van der Waals surface area contributed by atoms with Crippen LogP contribution in [-0.2, 0) is 29.1 Å². The zero-order valence-corrected chi connectivity index (χ0v) is 23.9. The Hall–Kier alpha value is -4.69. The Morgan fingerprint density at radius 3 is 2.45 bits per heavy atom. The smallest absolute Gasteiger partial charge is 0.249 e. The largest absolute Gasteiger partial charge is 0.468 e. The second kappa shape index (κ2) is 12.4. The second-order valence-corrected chi connectivity index (χ2v) is 11.3. The summed E-state index contributed by atoms with van der Waals surface area (Å²) in [5.41, 5.74) is 10.0. The molecule has 8 nitrogen and oxygen atoms in total. The predicted octanol–water partition coefficient (Wildman–Crippen LogP) is 4.97. The van der Waals surface area contributed by atoms with Gasteiger partial charge in [0.2, 0.25) is 17.7 Å². The third kappa shape index (κ3) is 6.78. The van der Waals surface area contributed by atoms with Gasteiger partial charge in [-0.3, -0.25) is 14.4 Å². The van der Waals surface area contributed by atoms with E-state index in [2.05, 4.69) is 10.6 Å². The summed E-state index contributed by atoms with van der Waals surface area (Å²) in [6.45, 7) is 4.76. The van der Waals surface area contributed by atoms with E-state index in [4.69, 9.17) is 10.2 Å². The van der Waals surface area contributed by atoms with E-state index in [0.717, 1.165) is 33.7 Å². The summed E-state index contributed by atoms with van der Waals surface area (Å²) in [6, 6.07) is 26.0. The molecule has 216 valence electrons. The summed E-state index contributed by atoms with van der Waals surface area (Å²) in [5.74, 6) is -0.0151. The molecule has 0 fully saturated rings. The van der Waals surface area contributed by atoms with Crippen molar-refractivity contribution in [2.24, 2.45) is 5.73 Å². The highest BCUT2D eigenvalue weighted by molar-refractivity contribution is 6.01. The van der Waals surface area contributed by atoms with Crippen LogP contribution in [0.3, 0.4) is 0 Å². The molecule has 2 heterocycles. The van der Waals surface area contributed by atoms with Crippen molar-refractivity contribution in [2.45, 2.75) is 57.8 Å². The van der Waals surface area contributed by atoms with Crippen molar-refractivity contribution in [3.63, 3.8) is 0 Å². The van der Waals surface area contributed by atoms with Gasteiger partial charge in [0.25, 0.3) is 0 Å². The van der Waals surface area contributed by atoms with Crippen LogP contribution in [0.1, 0.15) is 53.9 Å². The number of aryl methyl sites for hydroxylation is 1. The van der Waals surface area contributed by atoms with Gasteiger partial charge in [0.15, 0.2) is 0 Å². The van der Waals surface area contributed by atoms with Crippen molar-refractivity contribution in [1.82, 2.24) is 10.6 Å². The first-order valence-corrected chi connectivity index (χ1v) is 14.1. The SMILES string of the molecule is CC(C)(CC(=O)N[C@@H]1CCc2ccccc2N(Cc2ccc(-c3ccccc3C(N)=O)cc2)C1=O)NCc1ccco1. The Morgan fingerprint density at radius 1 is 0.976 bits per heavy atom. The number of hydrogen-bond donors (Lipinski definition) is 3. The quantitative estimate of drug-likeness (QED) is 0.251. The maximum absolute atomic E-state index is 13.9. The van der Waals surface area contributed by atoms with E-state index in [1.807, 2.05) is 86.6 Å². The van der Waals surface area contributed by atoms with Gasteiger partial charge < -0.3 is 25.7 Å². The Kier molecular flexibility index (Phi) is 8.54. The number of primary amides is 1. The molecule has 1 aliphatic heterocycles. The van der Waals surface area contributed by atoms with E-state index in [0.29, 0.717) is 31.5 Å². The van der Waals surface area contributed by atoms with E-state index in [-0.39, 0.29) is 18.2 Å². The van der Waals surface area contributed by atoms with E-state index in [1.165, 1.54) is 0 Å². The summed E-state index contributed by atoms with van der Waals surface area (Å²) in [6.07, 6.45) is 3.02. The average Bonchev–Trinajstić information content (AvgIpc) is 3.47. The molecule has 0 bridgehead atoms. The zero-order valence-electron chi connectivity index (χ0n) is 23.9. The number of furan rings is 1. The molecule has 1 aliphatic rings. The van der Waals surface area contributed by atoms with Gasteiger partial charge in [0, 0.05) is 23.2 Å². The first kappa shape index (κ1) is 28.8. The van der Waals surface area contributed by atoms with Crippen molar-refractivity contribution >= 4 is 23.4 Å². The van der Waals surface area contributed by atoms with Gasteiger partial charge >= 0.3 is 0 Å². The number of para-hydroxylation sites is 1. The first-order valence-electron chi connectivity index (χ1n) is 14.1. The maximum atomic E-state index is 13.9. The third-order valence-electron chi connectivity index (χ3n) is 7.61. The van der Waals surface area contributed by atoms with Crippen molar-refractivity contribution in [3.8, 4) is 11.1 Å². The van der Waals surface area contributed by atoms with Crippen molar-refractivity contribution < 1.29 is 18.8 Å². The molecule has 8 heteroatoms. The fourth-order valence-corrected chi connectivity index (χ4v) is 5.38. The van der Waals surface area contributed by atoms with E-state index in [9.17, 15) is 14.4 Å². The molecule has 3 aromatic carbocycles. The summed E-state index contributed by atoms with van der Waals surface area (Å²) >= 11 is 0. The highest BCUT2D eigenvalue weighted by Gasteiger charge is 2.32. The molecule has 42 heavy (non-hydrogen) atoms. The van der Waals surface area contributed by atoms with Crippen LogP contribution in [0, 0.1) is 0 Å². The Labute approximate surface area is 245 Å². The average molecular weight is 565 g/mol. The monoisotopic (exact) mass is 564 g/mol. The van der Waals surface area contributed by atoms with Crippen LogP contribution < -0.4 is 21.3 Å². The van der Waals surface area contributed by atoms with Crippen molar-refractivity contribution in [3.05, 3.63) is 114 Å². The Balaban J connectivity index is 1.31. The lowest BCUT2D eigenvalue weighted by atomic mass is 9.98. The number of nitrogens with two attached hydrogens (primary N) is 1. The number of nitrogens with zero attached hydrogens (tertiary/aromatic N) is 1. The maximum Gasteiger partial charge on any atom is 0.249 e. The van der Waals surface area contributed by atoms with Crippen LogP contribution in [-0.4, -0.2) is 29.3 Å². The highest BCUT2D eigenvalue weighted by Crippen LogP contribution is 2.30. The van der Waals surface area contributed by atoms with Gasteiger partial charge in [0.05, 0.1) is 19.4 Å². The van der Waals surface area contributed by atoms with Crippen LogP contribution in [0.15, 0.2) is 95.6 Å². The molecule has 0 spiro atoms. The minimum atomic E-state index is -0.646. The van der Waals surface area contributed by atoms with Gasteiger partial charge in [-0.05, 0) is 73.2 Å².